The van der Waals surface area contributed by atoms with Crippen LogP contribution in [-0.2, 0) is 18.4 Å². The number of hydrogen-bond donors (Lipinski definition) is 1. The van der Waals surface area contributed by atoms with Gasteiger partial charge in [0, 0.05) is 48.6 Å². The van der Waals surface area contributed by atoms with E-state index < -0.39 is 4.92 Å². The minimum atomic E-state index is -0.424. The average molecular weight is 403 g/mol. The summed E-state index contributed by atoms with van der Waals surface area (Å²) in [5, 5.41) is 15.0. The fourth-order valence-corrected chi connectivity index (χ4v) is 3.74. The monoisotopic (exact) mass is 403 g/mol. The summed E-state index contributed by atoms with van der Waals surface area (Å²) in [4.78, 5) is 23.4. The van der Waals surface area contributed by atoms with Gasteiger partial charge in [-0.3, -0.25) is 14.9 Å². The molecule has 1 N–H and O–H groups in total. The van der Waals surface area contributed by atoms with Gasteiger partial charge in [0.25, 0.3) is 5.69 Å². The Hall–Kier alpha value is -3.87. The number of carbonyl (C=O) groups excluding carboxylic acids is 1. The number of nitrogens with one attached hydrogen (secondary N) is 1. The summed E-state index contributed by atoms with van der Waals surface area (Å²) in [6.07, 6.45) is 3.81. The van der Waals surface area contributed by atoms with Crippen LogP contribution in [0.5, 0.6) is 0 Å². The van der Waals surface area contributed by atoms with Gasteiger partial charge in [0.1, 0.15) is 5.76 Å². The molecule has 4 rings (SSSR count). The molecule has 1 atom stereocenters. The number of amides is 1. The summed E-state index contributed by atoms with van der Waals surface area (Å²) in [6, 6.07) is 18.0. The highest BCUT2D eigenvalue weighted by molar-refractivity contribution is 5.86. The van der Waals surface area contributed by atoms with E-state index in [9.17, 15) is 14.9 Å². The number of non-ortho nitro benzene ring substituents is 1. The van der Waals surface area contributed by atoms with E-state index in [1.807, 2.05) is 42.1 Å². The smallest absolute Gasteiger partial charge is 0.269 e. The van der Waals surface area contributed by atoms with Crippen LogP contribution < -0.4 is 5.32 Å². The first-order valence-electron chi connectivity index (χ1n) is 9.60. The Kier molecular flexibility index (Phi) is 5.34. The van der Waals surface area contributed by atoms with Crippen LogP contribution in [0.1, 0.15) is 29.2 Å². The number of rotatable bonds is 7. The van der Waals surface area contributed by atoms with Crippen molar-refractivity contribution in [2.24, 2.45) is 7.05 Å². The minimum Gasteiger partial charge on any atom is -0.467 e. The van der Waals surface area contributed by atoms with Gasteiger partial charge in [-0.25, -0.2) is 0 Å². The quantitative estimate of drug-likeness (QED) is 0.363. The van der Waals surface area contributed by atoms with Gasteiger partial charge < -0.3 is 14.3 Å². The first-order valence-corrected chi connectivity index (χ1v) is 9.60. The molecule has 0 bridgehead atoms. The zero-order chi connectivity index (χ0) is 21.1. The molecular formula is C23H21N3O4. The van der Waals surface area contributed by atoms with Crippen molar-refractivity contribution < 1.29 is 14.1 Å². The maximum Gasteiger partial charge on any atom is 0.269 e. The molecule has 0 saturated carbocycles. The molecule has 0 saturated heterocycles. The molecular weight excluding hydrogens is 382 g/mol. The molecule has 0 aliphatic rings. The van der Waals surface area contributed by atoms with Crippen LogP contribution in [-0.4, -0.2) is 15.4 Å². The molecule has 0 radical (unpaired) electrons. The fourth-order valence-electron chi connectivity index (χ4n) is 3.74. The van der Waals surface area contributed by atoms with Gasteiger partial charge in [-0.15, -0.1) is 0 Å². The molecule has 2 aromatic heterocycles. The van der Waals surface area contributed by atoms with Crippen molar-refractivity contribution in [3.63, 3.8) is 0 Å². The summed E-state index contributed by atoms with van der Waals surface area (Å²) in [6.45, 7) is 0.314. The number of hydrogen-bond acceptors (Lipinski definition) is 4. The van der Waals surface area contributed by atoms with E-state index in [-0.39, 0.29) is 23.9 Å². The van der Waals surface area contributed by atoms with Crippen molar-refractivity contribution in [1.82, 2.24) is 9.88 Å². The lowest BCUT2D eigenvalue weighted by molar-refractivity contribution is -0.384. The lowest BCUT2D eigenvalue weighted by Crippen LogP contribution is -2.24. The molecule has 0 aliphatic carbocycles. The molecule has 7 nitrogen and oxygen atoms in total. The average Bonchev–Trinajstić information content (AvgIpc) is 3.39. The third-order valence-corrected chi connectivity index (χ3v) is 5.24. The third-order valence-electron chi connectivity index (χ3n) is 5.24. The second kappa shape index (κ2) is 8.24. The zero-order valence-corrected chi connectivity index (χ0v) is 16.4. The Bertz CT molecular complexity index is 1180. The predicted molar refractivity (Wildman–Crippen MR) is 113 cm³/mol. The summed E-state index contributed by atoms with van der Waals surface area (Å²) in [5.74, 6) is 0.316. The number of benzene rings is 2. The van der Waals surface area contributed by atoms with E-state index in [4.69, 9.17) is 4.42 Å². The van der Waals surface area contributed by atoms with Gasteiger partial charge in [-0.2, -0.15) is 0 Å². The maximum atomic E-state index is 12.7. The van der Waals surface area contributed by atoms with Crippen LogP contribution in [0.25, 0.3) is 10.9 Å². The van der Waals surface area contributed by atoms with Crippen LogP contribution in [0.2, 0.25) is 0 Å². The first-order chi connectivity index (χ1) is 14.5. The Balaban J connectivity index is 1.67. The van der Waals surface area contributed by atoms with E-state index in [2.05, 4.69) is 5.32 Å². The Morgan fingerprint density at radius 2 is 1.90 bits per heavy atom. The van der Waals surface area contributed by atoms with Crippen molar-refractivity contribution >= 4 is 22.5 Å². The van der Waals surface area contributed by atoms with Crippen molar-refractivity contribution in [2.75, 3.05) is 0 Å². The Morgan fingerprint density at radius 3 is 2.60 bits per heavy atom. The number of aryl methyl sites for hydroxylation is 1. The highest BCUT2D eigenvalue weighted by Crippen LogP contribution is 2.35. The number of furan rings is 1. The summed E-state index contributed by atoms with van der Waals surface area (Å²) in [7, 11) is 1.97. The van der Waals surface area contributed by atoms with Crippen molar-refractivity contribution in [1.29, 1.82) is 0 Å². The molecule has 4 aromatic rings. The van der Waals surface area contributed by atoms with E-state index in [1.165, 1.54) is 12.1 Å². The van der Waals surface area contributed by atoms with Crippen LogP contribution in [0.4, 0.5) is 5.69 Å². The number of para-hydroxylation sites is 1. The molecule has 7 heteroatoms. The largest absolute Gasteiger partial charge is 0.467 e. The normalized spacial score (nSPS) is 12.0. The highest BCUT2D eigenvalue weighted by atomic mass is 16.6. The molecule has 2 heterocycles. The van der Waals surface area contributed by atoms with Gasteiger partial charge in [0.2, 0.25) is 5.91 Å². The first kappa shape index (κ1) is 19.4. The van der Waals surface area contributed by atoms with E-state index in [0.717, 1.165) is 22.0 Å². The number of nitrogens with zero attached hydrogens (tertiary/aromatic N) is 2. The molecule has 0 fully saturated rings. The van der Waals surface area contributed by atoms with Gasteiger partial charge >= 0.3 is 0 Å². The van der Waals surface area contributed by atoms with Gasteiger partial charge in [0.15, 0.2) is 0 Å². The molecule has 0 unspecified atom stereocenters. The number of carbonyl (C=O) groups is 1. The van der Waals surface area contributed by atoms with Crippen LogP contribution in [0, 0.1) is 10.1 Å². The molecule has 1 amide bonds. The molecule has 0 spiro atoms. The van der Waals surface area contributed by atoms with Crippen molar-refractivity contribution in [3.8, 4) is 0 Å². The summed E-state index contributed by atoms with van der Waals surface area (Å²) in [5.41, 5.74) is 2.95. The maximum absolute atomic E-state index is 12.7. The lowest BCUT2D eigenvalue weighted by Gasteiger charge is -2.17. The molecule has 0 aliphatic heterocycles. The fraction of sp³-hybridized carbons (Fsp3) is 0.174. The Labute approximate surface area is 173 Å². The zero-order valence-electron chi connectivity index (χ0n) is 16.4. The second-order valence-corrected chi connectivity index (χ2v) is 7.17. The third kappa shape index (κ3) is 3.96. The number of nitro groups is 1. The van der Waals surface area contributed by atoms with Gasteiger partial charge in [0.05, 0.1) is 17.7 Å². The number of nitro benzene ring substituents is 1. The topological polar surface area (TPSA) is 90.3 Å². The predicted octanol–water partition coefficient (Wildman–Crippen LogP) is 4.52. The SMILES string of the molecule is Cn1cc([C@H](CC(=O)NCc2ccco2)c2ccc([N+](=O)[O-])cc2)c2ccccc21. The highest BCUT2D eigenvalue weighted by Gasteiger charge is 2.23. The van der Waals surface area contributed by atoms with Gasteiger partial charge in [-0.05, 0) is 29.3 Å². The number of fused-ring (bicyclic) bond motifs is 1. The second-order valence-electron chi connectivity index (χ2n) is 7.17. The van der Waals surface area contributed by atoms with Crippen LogP contribution in [0.15, 0.2) is 77.5 Å². The minimum absolute atomic E-state index is 0.0256. The van der Waals surface area contributed by atoms with E-state index >= 15 is 0 Å². The molecule has 30 heavy (non-hydrogen) atoms. The van der Waals surface area contributed by atoms with Crippen LogP contribution in [0.3, 0.4) is 0 Å². The lowest BCUT2D eigenvalue weighted by atomic mass is 9.88. The number of aromatic nitrogens is 1. The Morgan fingerprint density at radius 1 is 1.13 bits per heavy atom. The van der Waals surface area contributed by atoms with Crippen molar-refractivity contribution in [3.05, 3.63) is 100 Å². The van der Waals surface area contributed by atoms with E-state index in [0.29, 0.717) is 12.3 Å². The molecule has 152 valence electrons. The van der Waals surface area contributed by atoms with Crippen molar-refractivity contribution in [2.45, 2.75) is 18.9 Å². The molecule has 2 aromatic carbocycles. The van der Waals surface area contributed by atoms with Crippen LogP contribution >= 0.6 is 0 Å². The van der Waals surface area contributed by atoms with Gasteiger partial charge in [-0.1, -0.05) is 30.3 Å². The van der Waals surface area contributed by atoms with E-state index in [1.54, 1.807) is 30.5 Å². The standard InChI is InChI=1S/C23H21N3O4/c1-25-15-21(19-6-2-3-7-22(19)25)20(16-8-10-17(11-9-16)26(28)29)13-23(27)24-14-18-5-4-12-30-18/h2-12,15,20H,13-14H2,1H3,(H,24,27)/t20-/m1/s1. The summed E-state index contributed by atoms with van der Waals surface area (Å²) >= 11 is 0. The summed E-state index contributed by atoms with van der Waals surface area (Å²) < 4.78 is 7.30.